The number of nitrogens with zero attached hydrogens (tertiary/aromatic N) is 2. The van der Waals surface area contributed by atoms with E-state index in [9.17, 15) is 21.6 Å². The maximum Gasteiger partial charge on any atom is 0.247 e. The van der Waals surface area contributed by atoms with Gasteiger partial charge in [0.15, 0.2) is 0 Å². The normalized spacial score (nSPS) is 21.5. The summed E-state index contributed by atoms with van der Waals surface area (Å²) in [5, 5.41) is 0. The average molecular weight is 451 g/mol. The highest BCUT2D eigenvalue weighted by Gasteiger charge is 2.43. The second kappa shape index (κ2) is 7.36. The van der Waals surface area contributed by atoms with Crippen molar-refractivity contribution in [1.29, 1.82) is 0 Å². The standard InChI is InChI=1S/C20H22N2O6S2/c1-14-13-29(24,25)22(20(14)23)17-7-8-18(28-2)19(11-17)30(26,27)21-10-9-15-5-3-4-6-16(15)12-21/h3-8,11,14H,9-10,12-13H2,1-2H3. The second-order valence-corrected chi connectivity index (χ2v) is 11.2. The minimum absolute atomic E-state index is 0.00105. The Morgan fingerprint density at radius 2 is 1.80 bits per heavy atom. The second-order valence-electron chi connectivity index (χ2n) is 7.47. The first-order chi connectivity index (χ1) is 14.1. The quantitative estimate of drug-likeness (QED) is 0.704. The highest BCUT2D eigenvalue weighted by atomic mass is 32.2. The van der Waals surface area contributed by atoms with E-state index in [1.165, 1.54) is 36.5 Å². The van der Waals surface area contributed by atoms with Crippen LogP contribution in [0.3, 0.4) is 0 Å². The van der Waals surface area contributed by atoms with E-state index >= 15 is 0 Å². The largest absolute Gasteiger partial charge is 0.495 e. The third kappa shape index (κ3) is 3.38. The number of sulfonamides is 2. The molecule has 2 aliphatic rings. The van der Waals surface area contributed by atoms with Crippen molar-refractivity contribution in [3.63, 3.8) is 0 Å². The summed E-state index contributed by atoms with van der Waals surface area (Å²) in [6, 6.07) is 11.6. The van der Waals surface area contributed by atoms with Crippen LogP contribution >= 0.6 is 0 Å². The van der Waals surface area contributed by atoms with Crippen LogP contribution in [0.25, 0.3) is 0 Å². The minimum atomic E-state index is -3.99. The van der Waals surface area contributed by atoms with E-state index in [1.54, 1.807) is 0 Å². The lowest BCUT2D eigenvalue weighted by Crippen LogP contribution is -2.36. The average Bonchev–Trinajstić information content (AvgIpc) is 2.93. The first-order valence-corrected chi connectivity index (χ1v) is 12.5. The summed E-state index contributed by atoms with van der Waals surface area (Å²) in [7, 11) is -6.50. The molecule has 1 atom stereocenters. The Morgan fingerprint density at radius 1 is 1.10 bits per heavy atom. The van der Waals surface area contributed by atoms with Gasteiger partial charge < -0.3 is 4.74 Å². The van der Waals surface area contributed by atoms with Gasteiger partial charge in [-0.2, -0.15) is 4.31 Å². The molecule has 2 aromatic rings. The van der Waals surface area contributed by atoms with E-state index in [4.69, 9.17) is 4.74 Å². The van der Waals surface area contributed by atoms with Crippen molar-refractivity contribution in [3.05, 3.63) is 53.6 Å². The number of methoxy groups -OCH3 is 1. The first-order valence-electron chi connectivity index (χ1n) is 9.47. The lowest BCUT2D eigenvalue weighted by Gasteiger charge is -2.29. The molecule has 10 heteroatoms. The van der Waals surface area contributed by atoms with Crippen LogP contribution in [0.15, 0.2) is 47.4 Å². The maximum absolute atomic E-state index is 13.4. The summed E-state index contributed by atoms with van der Waals surface area (Å²) >= 11 is 0. The van der Waals surface area contributed by atoms with E-state index in [1.807, 2.05) is 24.3 Å². The number of hydrogen-bond donors (Lipinski definition) is 0. The predicted octanol–water partition coefficient (Wildman–Crippen LogP) is 1.75. The van der Waals surface area contributed by atoms with Crippen molar-refractivity contribution >= 4 is 31.6 Å². The lowest BCUT2D eigenvalue weighted by molar-refractivity contribution is -0.119. The molecule has 0 aromatic heterocycles. The molecule has 1 saturated heterocycles. The maximum atomic E-state index is 13.4. The molecule has 0 N–H and O–H groups in total. The van der Waals surface area contributed by atoms with Gasteiger partial charge in [-0.1, -0.05) is 31.2 Å². The van der Waals surface area contributed by atoms with Crippen molar-refractivity contribution < 1.29 is 26.4 Å². The van der Waals surface area contributed by atoms with Gasteiger partial charge in [0, 0.05) is 13.1 Å². The number of ether oxygens (including phenoxy) is 1. The zero-order valence-electron chi connectivity index (χ0n) is 16.6. The van der Waals surface area contributed by atoms with Crippen molar-refractivity contribution in [1.82, 2.24) is 4.31 Å². The third-order valence-corrected chi connectivity index (χ3v) is 9.19. The molecule has 0 spiro atoms. The van der Waals surface area contributed by atoms with Crippen molar-refractivity contribution in [2.75, 3.05) is 23.7 Å². The molecular weight excluding hydrogens is 428 g/mol. The molecule has 2 heterocycles. The SMILES string of the molecule is COc1ccc(N2C(=O)C(C)CS2(=O)=O)cc1S(=O)(=O)N1CCc2ccccc2C1. The minimum Gasteiger partial charge on any atom is -0.495 e. The van der Waals surface area contributed by atoms with Gasteiger partial charge in [-0.3, -0.25) is 4.79 Å². The van der Waals surface area contributed by atoms with Crippen molar-refractivity contribution in [2.24, 2.45) is 5.92 Å². The zero-order valence-corrected chi connectivity index (χ0v) is 18.2. The lowest BCUT2D eigenvalue weighted by atomic mass is 10.0. The summed E-state index contributed by atoms with van der Waals surface area (Å²) in [6.45, 7) is 2.04. The van der Waals surface area contributed by atoms with Gasteiger partial charge in [0.2, 0.25) is 26.0 Å². The molecule has 4 rings (SSSR count). The molecule has 0 saturated carbocycles. The first kappa shape index (κ1) is 20.8. The van der Waals surface area contributed by atoms with Gasteiger partial charge in [0.1, 0.15) is 10.6 Å². The molecule has 0 aliphatic carbocycles. The summed E-state index contributed by atoms with van der Waals surface area (Å²) in [4.78, 5) is 12.3. The number of amides is 1. The number of benzene rings is 2. The van der Waals surface area contributed by atoms with E-state index in [0.29, 0.717) is 17.3 Å². The number of fused-ring (bicyclic) bond motifs is 1. The molecule has 1 amide bonds. The molecule has 0 bridgehead atoms. The van der Waals surface area contributed by atoms with Crippen LogP contribution in [0.5, 0.6) is 5.75 Å². The topological polar surface area (TPSA) is 101 Å². The van der Waals surface area contributed by atoms with Crippen molar-refractivity contribution in [2.45, 2.75) is 24.8 Å². The molecule has 2 aromatic carbocycles. The molecule has 2 aliphatic heterocycles. The fourth-order valence-corrected chi connectivity index (χ4v) is 7.30. The van der Waals surface area contributed by atoms with Crippen molar-refractivity contribution in [3.8, 4) is 5.75 Å². The van der Waals surface area contributed by atoms with Gasteiger partial charge in [0.25, 0.3) is 0 Å². The number of carbonyl (C=O) groups excluding carboxylic acids is 1. The van der Waals surface area contributed by atoms with Gasteiger partial charge in [-0.25, -0.2) is 21.1 Å². The van der Waals surface area contributed by atoms with Crippen LogP contribution in [-0.2, 0) is 37.8 Å². The molecule has 1 fully saturated rings. The number of anilines is 1. The van der Waals surface area contributed by atoms with Gasteiger partial charge in [0.05, 0.1) is 24.5 Å². The molecular formula is C20H22N2O6S2. The Bertz CT molecular complexity index is 1220. The molecule has 160 valence electrons. The van der Waals surface area contributed by atoms with Gasteiger partial charge >= 0.3 is 0 Å². The van der Waals surface area contributed by atoms with Crippen LogP contribution in [0.1, 0.15) is 18.1 Å². The van der Waals surface area contributed by atoms with Crippen LogP contribution < -0.4 is 9.04 Å². The Hall–Kier alpha value is -2.43. The highest BCUT2D eigenvalue weighted by molar-refractivity contribution is 7.94. The van der Waals surface area contributed by atoms with Gasteiger partial charge in [-0.15, -0.1) is 0 Å². The third-order valence-electron chi connectivity index (χ3n) is 5.46. The Balaban J connectivity index is 1.77. The van der Waals surface area contributed by atoms with E-state index in [0.717, 1.165) is 11.1 Å². The molecule has 0 radical (unpaired) electrons. The monoisotopic (exact) mass is 450 g/mol. The van der Waals surface area contributed by atoms with Crippen LogP contribution in [-0.4, -0.2) is 46.5 Å². The summed E-state index contributed by atoms with van der Waals surface area (Å²) in [5.74, 6) is -1.47. The highest BCUT2D eigenvalue weighted by Crippen LogP contribution is 2.36. The summed E-state index contributed by atoms with van der Waals surface area (Å²) < 4.78 is 59.1. The number of rotatable bonds is 4. The molecule has 30 heavy (non-hydrogen) atoms. The van der Waals surface area contributed by atoms with Crippen LogP contribution in [0.4, 0.5) is 5.69 Å². The summed E-state index contributed by atoms with van der Waals surface area (Å²) in [5.41, 5.74) is 2.03. The Morgan fingerprint density at radius 3 is 2.43 bits per heavy atom. The van der Waals surface area contributed by atoms with E-state index in [2.05, 4.69) is 0 Å². The van der Waals surface area contributed by atoms with Crippen LogP contribution in [0, 0.1) is 5.92 Å². The molecule has 1 unspecified atom stereocenters. The predicted molar refractivity (Wildman–Crippen MR) is 111 cm³/mol. The van der Waals surface area contributed by atoms with Gasteiger partial charge in [-0.05, 0) is 35.7 Å². The fourth-order valence-electron chi connectivity index (χ4n) is 3.89. The number of carbonyl (C=O) groups is 1. The summed E-state index contributed by atoms with van der Waals surface area (Å²) in [6.07, 6.45) is 0.577. The van der Waals surface area contributed by atoms with E-state index < -0.39 is 31.9 Å². The Kier molecular flexibility index (Phi) is 5.11. The van der Waals surface area contributed by atoms with Crippen LogP contribution in [0.2, 0.25) is 0 Å². The fraction of sp³-hybridized carbons (Fsp3) is 0.350. The molecule has 8 nitrogen and oxygen atoms in total. The number of hydrogen-bond acceptors (Lipinski definition) is 6. The smallest absolute Gasteiger partial charge is 0.247 e. The zero-order chi connectivity index (χ0) is 21.7. The van der Waals surface area contributed by atoms with E-state index in [-0.39, 0.29) is 28.6 Å². The Labute approximate surface area is 176 Å².